The first kappa shape index (κ1) is 9.74. The quantitative estimate of drug-likeness (QED) is 0.528. The molecule has 2 heteroatoms. The van der Waals surface area contributed by atoms with Gasteiger partial charge in [0.1, 0.15) is 7.28 Å². The first-order valence-electron chi connectivity index (χ1n) is 2.23. The minimum Gasteiger partial charge on any atom is -0.114 e. The van der Waals surface area contributed by atoms with Crippen molar-refractivity contribution >= 4 is 24.3 Å². The van der Waals surface area contributed by atoms with Gasteiger partial charge in [-0.05, 0) is 0 Å². The maximum atomic E-state index is 2.25. The van der Waals surface area contributed by atoms with Gasteiger partial charge in [-0.25, -0.2) is 0 Å². The van der Waals surface area contributed by atoms with Crippen LogP contribution >= 0.6 is 17.0 Å². The van der Waals surface area contributed by atoms with Crippen molar-refractivity contribution in [2.24, 2.45) is 0 Å². The predicted molar refractivity (Wildman–Crippen MR) is 37.0 cm³/mol. The van der Waals surface area contributed by atoms with Crippen LogP contribution in [0.2, 0.25) is 12.6 Å². The molecule has 6 heavy (non-hydrogen) atoms. The maximum Gasteiger partial charge on any atom is 0.108 e. The summed E-state index contributed by atoms with van der Waals surface area (Å²) in [5.41, 5.74) is 0. The minimum atomic E-state index is 0. The number of hydrogen-bond acceptors (Lipinski definition) is 0. The summed E-state index contributed by atoms with van der Waals surface area (Å²) in [6.45, 7) is 4.31. The zero-order valence-corrected chi connectivity index (χ0v) is 6.11. The molecule has 0 amide bonds. The highest BCUT2D eigenvalue weighted by Crippen LogP contribution is 1.77. The SMILES string of the molecule is Br.CC[B]CC. The third kappa shape index (κ3) is 8.82. The van der Waals surface area contributed by atoms with Crippen LogP contribution in [0.15, 0.2) is 0 Å². The largest absolute Gasteiger partial charge is 0.114 e. The smallest absolute Gasteiger partial charge is 0.108 e. The van der Waals surface area contributed by atoms with Crippen LogP contribution in [0.4, 0.5) is 0 Å². The molecule has 0 nitrogen and oxygen atoms in total. The molecule has 0 heterocycles. The molecule has 0 aromatic heterocycles. The second kappa shape index (κ2) is 9.11. The van der Waals surface area contributed by atoms with Gasteiger partial charge in [0.2, 0.25) is 0 Å². The summed E-state index contributed by atoms with van der Waals surface area (Å²) in [7, 11) is 2.25. The molecule has 37 valence electrons. The van der Waals surface area contributed by atoms with Crippen molar-refractivity contribution in [3.8, 4) is 0 Å². The standard InChI is InChI=1S/C4H10B.BrH/c1-3-5-4-2;/h3-4H2,1-2H3;1H. The Morgan fingerprint density at radius 2 is 1.50 bits per heavy atom. The predicted octanol–water partition coefficient (Wildman–Crippen LogP) is 2.14. The lowest BCUT2D eigenvalue weighted by Gasteiger charge is -1.75. The molecule has 0 saturated heterocycles. The van der Waals surface area contributed by atoms with Gasteiger partial charge in [-0.15, -0.1) is 17.0 Å². The van der Waals surface area contributed by atoms with E-state index < -0.39 is 0 Å². The Hall–Kier alpha value is 0.545. The van der Waals surface area contributed by atoms with E-state index in [1.54, 1.807) is 0 Å². The van der Waals surface area contributed by atoms with E-state index in [0.717, 1.165) is 0 Å². The normalized spacial score (nSPS) is 6.33. The molecule has 0 N–H and O–H groups in total. The van der Waals surface area contributed by atoms with Gasteiger partial charge in [0.05, 0.1) is 0 Å². The molecule has 0 bridgehead atoms. The summed E-state index contributed by atoms with van der Waals surface area (Å²) >= 11 is 0. The first-order chi connectivity index (χ1) is 2.41. The van der Waals surface area contributed by atoms with E-state index in [9.17, 15) is 0 Å². The first-order valence-corrected chi connectivity index (χ1v) is 2.23. The summed E-state index contributed by atoms with van der Waals surface area (Å²) in [5.74, 6) is 0. The monoisotopic (exact) mass is 149 g/mol. The topological polar surface area (TPSA) is 0 Å². The van der Waals surface area contributed by atoms with Gasteiger partial charge < -0.3 is 0 Å². The van der Waals surface area contributed by atoms with Gasteiger partial charge in [0, 0.05) is 0 Å². The average molecular weight is 150 g/mol. The Balaban J connectivity index is 0. The molecule has 0 aliphatic rings. The van der Waals surface area contributed by atoms with Gasteiger partial charge in [0.15, 0.2) is 0 Å². The second-order valence-corrected chi connectivity index (χ2v) is 1.11. The van der Waals surface area contributed by atoms with Crippen LogP contribution in [0, 0.1) is 0 Å². The Kier molecular flexibility index (Phi) is 14.8. The van der Waals surface area contributed by atoms with Crippen LogP contribution in [0.5, 0.6) is 0 Å². The zero-order chi connectivity index (χ0) is 4.12. The van der Waals surface area contributed by atoms with E-state index in [1.165, 1.54) is 12.6 Å². The molecule has 0 aromatic rings. The zero-order valence-electron chi connectivity index (χ0n) is 4.40. The summed E-state index contributed by atoms with van der Waals surface area (Å²) in [6, 6.07) is 0. The Labute approximate surface area is 51.3 Å². The van der Waals surface area contributed by atoms with Crippen LogP contribution < -0.4 is 0 Å². The highest BCUT2D eigenvalue weighted by atomic mass is 79.9. The molecule has 0 atom stereocenters. The molecule has 0 aliphatic heterocycles. The molecule has 0 fully saturated rings. The molecule has 0 unspecified atom stereocenters. The fourth-order valence-electron chi connectivity index (χ4n) is 0.289. The van der Waals surface area contributed by atoms with E-state index >= 15 is 0 Å². The van der Waals surface area contributed by atoms with Crippen molar-refractivity contribution < 1.29 is 0 Å². The van der Waals surface area contributed by atoms with Crippen molar-refractivity contribution in [3.63, 3.8) is 0 Å². The molecule has 0 rings (SSSR count). The lowest BCUT2D eigenvalue weighted by atomic mass is 9.73. The Morgan fingerprint density at radius 3 is 1.50 bits per heavy atom. The molecular weight excluding hydrogens is 139 g/mol. The molecule has 0 spiro atoms. The lowest BCUT2D eigenvalue weighted by molar-refractivity contribution is 1.36. The highest BCUT2D eigenvalue weighted by molar-refractivity contribution is 8.93. The van der Waals surface area contributed by atoms with Crippen molar-refractivity contribution in [2.45, 2.75) is 26.5 Å². The second-order valence-electron chi connectivity index (χ2n) is 1.11. The lowest BCUT2D eigenvalue weighted by Crippen LogP contribution is -1.76. The highest BCUT2D eigenvalue weighted by Gasteiger charge is 1.72. The summed E-state index contributed by atoms with van der Waals surface area (Å²) in [6.07, 6.45) is 2.44. The third-order valence-electron chi connectivity index (χ3n) is 0.577. The maximum absolute atomic E-state index is 2.25. The molecule has 0 aliphatic carbocycles. The van der Waals surface area contributed by atoms with Crippen LogP contribution in [-0.2, 0) is 0 Å². The van der Waals surface area contributed by atoms with Gasteiger partial charge >= 0.3 is 0 Å². The van der Waals surface area contributed by atoms with E-state index in [2.05, 4.69) is 21.1 Å². The summed E-state index contributed by atoms with van der Waals surface area (Å²) < 4.78 is 0. The molecule has 1 radical (unpaired) electrons. The average Bonchev–Trinajstić information content (AvgIpc) is 1.41. The van der Waals surface area contributed by atoms with Crippen LogP contribution in [0.25, 0.3) is 0 Å². The van der Waals surface area contributed by atoms with Gasteiger partial charge in [0.25, 0.3) is 0 Å². The van der Waals surface area contributed by atoms with E-state index in [-0.39, 0.29) is 17.0 Å². The van der Waals surface area contributed by atoms with Crippen LogP contribution in [0.1, 0.15) is 13.8 Å². The van der Waals surface area contributed by atoms with E-state index in [4.69, 9.17) is 0 Å². The Bertz CT molecular complexity index is 15.0. The number of halogens is 1. The third-order valence-corrected chi connectivity index (χ3v) is 0.577. The van der Waals surface area contributed by atoms with Gasteiger partial charge in [-0.2, -0.15) is 0 Å². The van der Waals surface area contributed by atoms with E-state index in [0.29, 0.717) is 0 Å². The van der Waals surface area contributed by atoms with Crippen LogP contribution in [0.3, 0.4) is 0 Å². The molecular formula is C4H11BBr. The van der Waals surface area contributed by atoms with Gasteiger partial charge in [-0.1, -0.05) is 26.5 Å². The molecule has 0 saturated carbocycles. The van der Waals surface area contributed by atoms with E-state index in [1.807, 2.05) is 0 Å². The van der Waals surface area contributed by atoms with Crippen molar-refractivity contribution in [1.82, 2.24) is 0 Å². The summed E-state index contributed by atoms with van der Waals surface area (Å²) in [4.78, 5) is 0. The minimum absolute atomic E-state index is 0. The number of hydrogen-bond donors (Lipinski definition) is 0. The van der Waals surface area contributed by atoms with Gasteiger partial charge in [-0.3, -0.25) is 0 Å². The fourth-order valence-corrected chi connectivity index (χ4v) is 0.289. The van der Waals surface area contributed by atoms with Crippen molar-refractivity contribution in [3.05, 3.63) is 0 Å². The Morgan fingerprint density at radius 1 is 1.17 bits per heavy atom. The van der Waals surface area contributed by atoms with Crippen molar-refractivity contribution in [1.29, 1.82) is 0 Å². The van der Waals surface area contributed by atoms with Crippen LogP contribution in [-0.4, -0.2) is 7.28 Å². The molecule has 0 aromatic carbocycles. The fraction of sp³-hybridized carbons (Fsp3) is 1.00. The summed E-state index contributed by atoms with van der Waals surface area (Å²) in [5, 5.41) is 0. The number of rotatable bonds is 2. The van der Waals surface area contributed by atoms with Crippen molar-refractivity contribution in [2.75, 3.05) is 0 Å².